The Kier molecular flexibility index (Phi) is 33.7. The molecule has 0 spiro atoms. The van der Waals surface area contributed by atoms with Gasteiger partial charge in [-0.15, -0.1) is 0 Å². The Morgan fingerprint density at radius 1 is 0.833 bits per heavy atom. The smallest absolute Gasteiger partial charge is 0.0470 e. The minimum atomic E-state index is 2.00. The standard InChI is InChI=1S/C4H8.C2H6/c1-3-4-2;1-2/h3-4H,1-2H3;1-2H3/b4-3+;. The molecule has 0 heteroatoms. The van der Waals surface area contributed by atoms with Crippen molar-refractivity contribution >= 4 is 0 Å². The van der Waals surface area contributed by atoms with Crippen molar-refractivity contribution in [3.8, 4) is 0 Å². The normalized spacial score (nSPS) is 7.33. The summed E-state index contributed by atoms with van der Waals surface area (Å²) in [7, 11) is 0. The average Bonchev–Trinajstić information content (AvgIpc) is 1.72. The summed E-state index contributed by atoms with van der Waals surface area (Å²) in [6, 6.07) is 0. The maximum atomic E-state index is 2.00. The lowest BCUT2D eigenvalue weighted by Crippen LogP contribution is -1.26. The maximum Gasteiger partial charge on any atom is -0.0470 e. The fraction of sp³-hybridized carbons (Fsp3) is 0.667. The second-order valence-corrected chi connectivity index (χ2v) is 0.667. The van der Waals surface area contributed by atoms with Gasteiger partial charge in [0.15, 0.2) is 0 Å². The van der Waals surface area contributed by atoms with Gasteiger partial charge in [-0.3, -0.25) is 0 Å². The quantitative estimate of drug-likeness (QED) is 0.397. The first-order valence-electron chi connectivity index (χ1n) is 2.49. The van der Waals surface area contributed by atoms with Gasteiger partial charge in [-0.2, -0.15) is 0 Å². The molecule has 0 radical (unpaired) electrons. The van der Waals surface area contributed by atoms with Crippen LogP contribution in [0, 0.1) is 0 Å². The molecule has 38 valence electrons. The lowest BCUT2D eigenvalue weighted by Gasteiger charge is -1.49. The third-order valence-corrected chi connectivity index (χ3v) is 0.333. The van der Waals surface area contributed by atoms with Crippen LogP contribution in [0.4, 0.5) is 0 Å². The van der Waals surface area contributed by atoms with Gasteiger partial charge in [-0.05, 0) is 13.8 Å². The van der Waals surface area contributed by atoms with Crippen LogP contribution in [0.3, 0.4) is 0 Å². The van der Waals surface area contributed by atoms with Gasteiger partial charge in [0, 0.05) is 0 Å². The van der Waals surface area contributed by atoms with E-state index in [2.05, 4.69) is 0 Å². The fourth-order valence-corrected chi connectivity index (χ4v) is 0. The first-order valence-corrected chi connectivity index (χ1v) is 2.49. The fourth-order valence-electron chi connectivity index (χ4n) is 0. The summed E-state index contributed by atoms with van der Waals surface area (Å²) in [5.74, 6) is 0. The Labute approximate surface area is 40.9 Å². The molecule has 0 aliphatic heterocycles. The minimum Gasteiger partial charge on any atom is -0.0919 e. The van der Waals surface area contributed by atoms with Gasteiger partial charge in [-0.1, -0.05) is 26.0 Å². The molecule has 0 rings (SSSR count). The van der Waals surface area contributed by atoms with Crippen molar-refractivity contribution < 1.29 is 0 Å². The third kappa shape index (κ3) is 51.3. The number of allylic oxidation sites excluding steroid dienone is 2. The Bertz CT molecular complexity index is 15.2. The molecular weight excluding hydrogens is 72.1 g/mol. The number of hydrogen-bond donors (Lipinski definition) is 0. The highest BCUT2D eigenvalue weighted by Crippen LogP contribution is 1.57. The molecule has 0 aromatic heterocycles. The van der Waals surface area contributed by atoms with Crippen molar-refractivity contribution in [2.45, 2.75) is 27.7 Å². The first-order chi connectivity index (χ1) is 2.91. The molecule has 0 aromatic carbocycles. The van der Waals surface area contributed by atoms with Crippen LogP contribution in [0.25, 0.3) is 0 Å². The Morgan fingerprint density at radius 2 is 1.00 bits per heavy atom. The Balaban J connectivity index is 0. The third-order valence-electron chi connectivity index (χ3n) is 0.333. The SMILES string of the molecule is C/C=C/C.CC. The Hall–Kier alpha value is -0.260. The number of hydrogen-bond acceptors (Lipinski definition) is 0. The van der Waals surface area contributed by atoms with Gasteiger partial charge in [0.2, 0.25) is 0 Å². The zero-order valence-electron chi connectivity index (χ0n) is 5.15. The lowest BCUT2D eigenvalue weighted by molar-refractivity contribution is 1.50. The van der Waals surface area contributed by atoms with E-state index >= 15 is 0 Å². The highest BCUT2D eigenvalue weighted by molar-refractivity contribution is 4.68. The van der Waals surface area contributed by atoms with Crippen molar-refractivity contribution in [2.75, 3.05) is 0 Å². The van der Waals surface area contributed by atoms with Crippen LogP contribution < -0.4 is 0 Å². The zero-order chi connectivity index (χ0) is 5.41. The molecule has 0 aliphatic carbocycles. The van der Waals surface area contributed by atoms with Crippen molar-refractivity contribution in [1.82, 2.24) is 0 Å². The van der Waals surface area contributed by atoms with E-state index in [4.69, 9.17) is 0 Å². The molecule has 0 heterocycles. The molecule has 6 heavy (non-hydrogen) atoms. The summed E-state index contributed by atoms with van der Waals surface area (Å²) >= 11 is 0. The second kappa shape index (κ2) is 21.9. The highest BCUT2D eigenvalue weighted by atomic mass is 13.4. The van der Waals surface area contributed by atoms with Crippen molar-refractivity contribution in [1.29, 1.82) is 0 Å². The van der Waals surface area contributed by atoms with Gasteiger partial charge in [0.1, 0.15) is 0 Å². The van der Waals surface area contributed by atoms with E-state index in [-0.39, 0.29) is 0 Å². The van der Waals surface area contributed by atoms with Crippen LogP contribution in [0.5, 0.6) is 0 Å². The predicted octanol–water partition coefficient (Wildman–Crippen LogP) is 2.61. The van der Waals surface area contributed by atoms with E-state index in [0.717, 1.165) is 0 Å². The first kappa shape index (κ1) is 9.22. The average molecular weight is 86.2 g/mol. The van der Waals surface area contributed by atoms with Crippen molar-refractivity contribution in [3.63, 3.8) is 0 Å². The maximum absolute atomic E-state index is 2.00. The highest BCUT2D eigenvalue weighted by Gasteiger charge is 1.34. The predicted molar refractivity (Wildman–Crippen MR) is 31.8 cm³/mol. The monoisotopic (exact) mass is 86.1 g/mol. The molecule has 0 aromatic rings. The van der Waals surface area contributed by atoms with Gasteiger partial charge in [-0.25, -0.2) is 0 Å². The molecule has 0 atom stereocenters. The van der Waals surface area contributed by atoms with Crippen molar-refractivity contribution in [2.24, 2.45) is 0 Å². The summed E-state index contributed by atoms with van der Waals surface area (Å²) in [5, 5.41) is 0. The van der Waals surface area contributed by atoms with E-state index in [1.54, 1.807) is 0 Å². The van der Waals surface area contributed by atoms with Gasteiger partial charge >= 0.3 is 0 Å². The van der Waals surface area contributed by atoms with Gasteiger partial charge in [0.25, 0.3) is 0 Å². The molecule has 0 saturated heterocycles. The number of rotatable bonds is 0. The van der Waals surface area contributed by atoms with Gasteiger partial charge in [0.05, 0.1) is 0 Å². The molecule has 0 nitrogen and oxygen atoms in total. The van der Waals surface area contributed by atoms with E-state index in [9.17, 15) is 0 Å². The summed E-state index contributed by atoms with van der Waals surface area (Å²) < 4.78 is 0. The van der Waals surface area contributed by atoms with Crippen LogP contribution in [-0.4, -0.2) is 0 Å². The minimum absolute atomic E-state index is 2.00. The van der Waals surface area contributed by atoms with E-state index in [0.29, 0.717) is 0 Å². The molecule has 0 N–H and O–H groups in total. The topological polar surface area (TPSA) is 0 Å². The largest absolute Gasteiger partial charge is 0.0919 e. The molecule has 0 aliphatic rings. The summed E-state index contributed by atoms with van der Waals surface area (Å²) in [6.45, 7) is 8.00. The molecule has 0 amide bonds. The molecule has 0 saturated carbocycles. The second-order valence-electron chi connectivity index (χ2n) is 0.667. The zero-order valence-corrected chi connectivity index (χ0v) is 5.15. The van der Waals surface area contributed by atoms with Crippen LogP contribution >= 0.6 is 0 Å². The van der Waals surface area contributed by atoms with Crippen LogP contribution in [0.1, 0.15) is 27.7 Å². The van der Waals surface area contributed by atoms with E-state index in [1.165, 1.54) is 0 Å². The van der Waals surface area contributed by atoms with Gasteiger partial charge < -0.3 is 0 Å². The summed E-state index contributed by atoms with van der Waals surface area (Å²) in [5.41, 5.74) is 0. The molecule has 0 fully saturated rings. The van der Waals surface area contributed by atoms with Crippen LogP contribution in [0.15, 0.2) is 12.2 Å². The lowest BCUT2D eigenvalue weighted by atomic mass is 10.6. The summed E-state index contributed by atoms with van der Waals surface area (Å²) in [4.78, 5) is 0. The van der Waals surface area contributed by atoms with Crippen LogP contribution in [-0.2, 0) is 0 Å². The summed E-state index contributed by atoms with van der Waals surface area (Å²) in [6.07, 6.45) is 4.00. The molecule has 0 bridgehead atoms. The Morgan fingerprint density at radius 3 is 1.00 bits per heavy atom. The molecule has 0 unspecified atom stereocenters. The molecular formula is C6H14. The van der Waals surface area contributed by atoms with E-state index in [1.807, 2.05) is 39.8 Å². The van der Waals surface area contributed by atoms with E-state index < -0.39 is 0 Å². The van der Waals surface area contributed by atoms with Crippen molar-refractivity contribution in [3.05, 3.63) is 12.2 Å². The van der Waals surface area contributed by atoms with Crippen LogP contribution in [0.2, 0.25) is 0 Å².